The van der Waals surface area contributed by atoms with Gasteiger partial charge < -0.3 is 10.6 Å². The van der Waals surface area contributed by atoms with Crippen molar-refractivity contribution in [2.24, 2.45) is 0 Å². The van der Waals surface area contributed by atoms with Gasteiger partial charge in [0.1, 0.15) is 0 Å². The zero-order valence-electron chi connectivity index (χ0n) is 11.8. The van der Waals surface area contributed by atoms with E-state index < -0.39 is 20.5 Å². The van der Waals surface area contributed by atoms with Crippen molar-refractivity contribution in [3.05, 3.63) is 24.3 Å². The first-order chi connectivity index (χ1) is 9.77. The van der Waals surface area contributed by atoms with Gasteiger partial charge in [-0.15, -0.1) is 0 Å². The predicted molar refractivity (Wildman–Crippen MR) is 76.0 cm³/mol. The van der Waals surface area contributed by atoms with Gasteiger partial charge in [-0.05, 0) is 37.6 Å². The summed E-state index contributed by atoms with van der Waals surface area (Å²) >= 11 is 0. The molecule has 118 valence electrons. The molecule has 1 atom stereocenters. The molecule has 0 aromatic heterocycles. The number of halogens is 2. The Morgan fingerprint density at radius 2 is 1.81 bits per heavy atom. The minimum absolute atomic E-state index is 0.117. The third-order valence-electron chi connectivity index (χ3n) is 2.92. The molecule has 0 radical (unpaired) electrons. The monoisotopic (exact) mass is 320 g/mol. The van der Waals surface area contributed by atoms with Crippen LogP contribution in [0, 0.1) is 0 Å². The molecule has 0 aliphatic rings. The Balaban J connectivity index is 2.65. The Kier molecular flexibility index (Phi) is 6.22. The molecule has 1 amide bonds. The highest BCUT2D eigenvalue weighted by atomic mass is 32.2. The van der Waals surface area contributed by atoms with E-state index in [1.807, 2.05) is 13.8 Å². The minimum Gasteiger partial charge on any atom is -0.325 e. The molecule has 21 heavy (non-hydrogen) atoms. The van der Waals surface area contributed by atoms with E-state index in [1.165, 1.54) is 12.1 Å². The smallest absolute Gasteiger partial charge is 0.325 e. The van der Waals surface area contributed by atoms with Crippen molar-refractivity contribution in [1.82, 2.24) is 5.32 Å². The summed E-state index contributed by atoms with van der Waals surface area (Å²) in [6.45, 7) is 4.04. The normalized spacial score (nSPS) is 13.2. The van der Waals surface area contributed by atoms with Gasteiger partial charge in [-0.1, -0.05) is 6.92 Å². The molecule has 0 bridgehead atoms. The van der Waals surface area contributed by atoms with Gasteiger partial charge in [-0.2, -0.15) is 8.78 Å². The Bertz CT molecular complexity index is 574. The highest BCUT2D eigenvalue weighted by Gasteiger charge is 2.26. The van der Waals surface area contributed by atoms with Crippen LogP contribution < -0.4 is 10.6 Å². The quantitative estimate of drug-likeness (QED) is 0.806. The van der Waals surface area contributed by atoms with Crippen molar-refractivity contribution >= 4 is 21.4 Å². The second-order valence-corrected chi connectivity index (χ2v) is 6.49. The Morgan fingerprint density at radius 3 is 2.29 bits per heavy atom. The summed E-state index contributed by atoms with van der Waals surface area (Å²) in [5.41, 5.74) is 0.346. The van der Waals surface area contributed by atoms with Gasteiger partial charge in [0.05, 0.1) is 11.4 Å². The van der Waals surface area contributed by atoms with Gasteiger partial charge >= 0.3 is 5.76 Å². The first-order valence-corrected chi connectivity index (χ1v) is 7.97. The largest absolute Gasteiger partial charge is 0.341 e. The Hall–Kier alpha value is -1.54. The van der Waals surface area contributed by atoms with Crippen LogP contribution in [0.4, 0.5) is 14.5 Å². The van der Waals surface area contributed by atoms with E-state index in [2.05, 4.69) is 10.6 Å². The summed E-state index contributed by atoms with van der Waals surface area (Å²) in [5.74, 6) is -3.75. The van der Waals surface area contributed by atoms with Gasteiger partial charge in [0.15, 0.2) is 0 Å². The standard InChI is InChI=1S/C13H18F2N2O3S/c1-3-9(2)16-8-12(18)17-10-4-6-11(7-5-10)21(19,20)13(14)15/h4-7,9,13,16H,3,8H2,1-2H3,(H,17,18). The minimum atomic E-state index is -4.61. The third-order valence-corrected chi connectivity index (χ3v) is 4.32. The maximum atomic E-state index is 12.4. The van der Waals surface area contributed by atoms with Crippen molar-refractivity contribution < 1.29 is 22.0 Å². The van der Waals surface area contributed by atoms with E-state index >= 15 is 0 Å². The van der Waals surface area contributed by atoms with E-state index in [0.717, 1.165) is 18.6 Å². The predicted octanol–water partition coefficient (Wildman–Crippen LogP) is 2.01. The van der Waals surface area contributed by atoms with Crippen LogP contribution >= 0.6 is 0 Å². The van der Waals surface area contributed by atoms with Gasteiger partial charge in [-0.25, -0.2) is 8.42 Å². The van der Waals surface area contributed by atoms with E-state index in [0.29, 0.717) is 5.69 Å². The zero-order valence-corrected chi connectivity index (χ0v) is 12.6. The fraction of sp³-hybridized carbons (Fsp3) is 0.462. The van der Waals surface area contributed by atoms with Crippen LogP contribution in [-0.2, 0) is 14.6 Å². The van der Waals surface area contributed by atoms with Crippen molar-refractivity contribution in [3.8, 4) is 0 Å². The molecular formula is C13H18F2N2O3S. The second kappa shape index (κ2) is 7.46. The maximum absolute atomic E-state index is 12.4. The number of rotatable bonds is 7. The van der Waals surface area contributed by atoms with Crippen molar-refractivity contribution in [1.29, 1.82) is 0 Å². The van der Waals surface area contributed by atoms with Crippen molar-refractivity contribution in [2.45, 2.75) is 37.0 Å². The molecule has 8 heteroatoms. The number of hydrogen-bond donors (Lipinski definition) is 2. The van der Waals surface area contributed by atoms with Crippen molar-refractivity contribution in [2.75, 3.05) is 11.9 Å². The average molecular weight is 320 g/mol. The molecule has 1 aromatic carbocycles. The molecule has 0 fully saturated rings. The maximum Gasteiger partial charge on any atom is 0.341 e. The molecule has 1 aromatic rings. The SMILES string of the molecule is CCC(C)NCC(=O)Nc1ccc(S(=O)(=O)C(F)F)cc1. The first kappa shape index (κ1) is 17.5. The highest BCUT2D eigenvalue weighted by Crippen LogP contribution is 2.20. The van der Waals surface area contributed by atoms with Gasteiger partial charge in [0.25, 0.3) is 0 Å². The average Bonchev–Trinajstić information content (AvgIpc) is 2.45. The van der Waals surface area contributed by atoms with Crippen LogP contribution in [0.25, 0.3) is 0 Å². The summed E-state index contributed by atoms with van der Waals surface area (Å²) in [6, 6.07) is 4.83. The van der Waals surface area contributed by atoms with E-state index in [1.54, 1.807) is 0 Å². The molecule has 0 saturated carbocycles. The lowest BCUT2D eigenvalue weighted by Gasteiger charge is -2.11. The summed E-state index contributed by atoms with van der Waals surface area (Å²) in [4.78, 5) is 11.1. The summed E-state index contributed by atoms with van der Waals surface area (Å²) in [6.07, 6.45) is 0.882. The summed E-state index contributed by atoms with van der Waals surface area (Å²) in [7, 11) is -4.61. The Labute approximate surface area is 122 Å². The lowest BCUT2D eigenvalue weighted by molar-refractivity contribution is -0.115. The molecule has 2 N–H and O–H groups in total. The third kappa shape index (κ3) is 5.05. The molecular weight excluding hydrogens is 302 g/mol. The highest BCUT2D eigenvalue weighted by molar-refractivity contribution is 7.91. The van der Waals surface area contributed by atoms with Gasteiger partial charge in [-0.3, -0.25) is 4.79 Å². The molecule has 1 unspecified atom stereocenters. The molecule has 1 rings (SSSR count). The summed E-state index contributed by atoms with van der Waals surface area (Å²) < 4.78 is 47.2. The molecule has 0 aliphatic carbocycles. The lowest BCUT2D eigenvalue weighted by atomic mass is 10.2. The molecule has 0 heterocycles. The van der Waals surface area contributed by atoms with Crippen molar-refractivity contribution in [3.63, 3.8) is 0 Å². The lowest BCUT2D eigenvalue weighted by Crippen LogP contribution is -2.33. The van der Waals surface area contributed by atoms with Crippen LogP contribution in [0.3, 0.4) is 0 Å². The fourth-order valence-corrected chi connectivity index (χ4v) is 2.17. The van der Waals surface area contributed by atoms with Crippen LogP contribution in [0.2, 0.25) is 0 Å². The Morgan fingerprint density at radius 1 is 1.24 bits per heavy atom. The molecule has 5 nitrogen and oxygen atoms in total. The molecule has 0 aliphatic heterocycles. The van der Waals surface area contributed by atoms with Crippen LogP contribution in [0.5, 0.6) is 0 Å². The second-order valence-electron chi connectivity index (χ2n) is 4.57. The number of benzene rings is 1. The number of nitrogens with one attached hydrogen (secondary N) is 2. The number of hydrogen-bond acceptors (Lipinski definition) is 4. The topological polar surface area (TPSA) is 75.3 Å². The number of anilines is 1. The number of carbonyl (C=O) groups excluding carboxylic acids is 1. The van der Waals surface area contributed by atoms with E-state index in [9.17, 15) is 22.0 Å². The van der Waals surface area contributed by atoms with Gasteiger partial charge in [0, 0.05) is 11.7 Å². The van der Waals surface area contributed by atoms with E-state index in [4.69, 9.17) is 0 Å². The van der Waals surface area contributed by atoms with Crippen LogP contribution in [0.15, 0.2) is 29.2 Å². The van der Waals surface area contributed by atoms with Crippen LogP contribution in [0.1, 0.15) is 20.3 Å². The molecule has 0 saturated heterocycles. The number of carbonyl (C=O) groups is 1. The van der Waals surface area contributed by atoms with E-state index in [-0.39, 0.29) is 18.5 Å². The van der Waals surface area contributed by atoms with Crippen LogP contribution in [-0.4, -0.2) is 32.7 Å². The fourth-order valence-electron chi connectivity index (χ4n) is 1.45. The first-order valence-electron chi connectivity index (χ1n) is 6.42. The number of alkyl halides is 2. The number of amides is 1. The zero-order chi connectivity index (χ0) is 16.0. The number of sulfone groups is 1. The summed E-state index contributed by atoms with van der Waals surface area (Å²) in [5, 5.41) is 5.54. The molecule has 0 spiro atoms. The van der Waals surface area contributed by atoms with Gasteiger partial charge in [0.2, 0.25) is 15.7 Å².